The fraction of sp³-hybridized carbons (Fsp3) is 0.700. The maximum atomic E-state index is 11.4. The summed E-state index contributed by atoms with van der Waals surface area (Å²) in [5.74, 6) is 0.0809. The van der Waals surface area contributed by atoms with Crippen LogP contribution in [-0.4, -0.2) is 59.5 Å². The molecule has 4 rings (SSSR count). The highest BCUT2D eigenvalue weighted by atomic mass is 32.2. The van der Waals surface area contributed by atoms with Gasteiger partial charge in [0.2, 0.25) is 0 Å². The van der Waals surface area contributed by atoms with Crippen molar-refractivity contribution in [2.45, 2.75) is 64.8 Å². The van der Waals surface area contributed by atoms with Gasteiger partial charge in [0.05, 0.1) is 30.2 Å². The zero-order valence-corrected chi connectivity index (χ0v) is 19.3. The highest BCUT2D eigenvalue weighted by molar-refractivity contribution is 7.90. The first kappa shape index (κ1) is 21.0. The van der Waals surface area contributed by atoms with Crippen LogP contribution in [-0.2, 0) is 39.7 Å². The lowest BCUT2D eigenvalue weighted by molar-refractivity contribution is -0.112. The average Bonchev–Trinajstić information content (AvgIpc) is 3.21. The van der Waals surface area contributed by atoms with Gasteiger partial charge in [0.15, 0.2) is 0 Å². The lowest BCUT2D eigenvalue weighted by atomic mass is 9.77. The van der Waals surface area contributed by atoms with Gasteiger partial charge in [-0.2, -0.15) is 0 Å². The summed E-state index contributed by atoms with van der Waals surface area (Å²) in [4.78, 5) is 5.36. The van der Waals surface area contributed by atoms with Crippen molar-refractivity contribution in [3.05, 3.63) is 32.8 Å². The van der Waals surface area contributed by atoms with E-state index in [0.29, 0.717) is 12.6 Å². The van der Waals surface area contributed by atoms with E-state index in [1.807, 2.05) is 17.5 Å². The molecule has 2 aliphatic heterocycles. The van der Waals surface area contributed by atoms with E-state index in [0.717, 1.165) is 44.7 Å². The molecule has 1 fully saturated rings. The third-order valence-corrected chi connectivity index (χ3v) is 8.51. The Hall–Kier alpha value is -1.29. The van der Waals surface area contributed by atoms with Gasteiger partial charge in [-0.25, -0.2) is 8.42 Å². The maximum Gasteiger partial charge on any atom is 0.149 e. The molecular formula is C20H30N4O3S2. The normalized spacial score (nSPS) is 25.4. The maximum absolute atomic E-state index is 11.4. The standard InChI is InChI=1S/C20H30N4O3S2/c1-14-11-20(19-15(2)16(3)28-18(19)5-9-27-20)6-7-23(14)12-17-13-24(22-21-17)8-10-29(4,25)26/h13-14H,5-12H2,1-4H3/t14-,20+/m0/s1. The van der Waals surface area contributed by atoms with Gasteiger partial charge in [0.25, 0.3) is 0 Å². The van der Waals surface area contributed by atoms with E-state index in [-0.39, 0.29) is 11.4 Å². The molecule has 2 atom stereocenters. The number of hydrogen-bond acceptors (Lipinski definition) is 7. The minimum Gasteiger partial charge on any atom is -0.370 e. The Morgan fingerprint density at radius 3 is 2.90 bits per heavy atom. The first-order valence-corrected chi connectivity index (χ1v) is 13.1. The van der Waals surface area contributed by atoms with Crippen LogP contribution in [0.3, 0.4) is 0 Å². The molecule has 4 heterocycles. The molecule has 0 amide bonds. The highest BCUT2D eigenvalue weighted by Gasteiger charge is 2.45. The number of nitrogens with zero attached hydrogens (tertiary/aromatic N) is 4. The Kier molecular flexibility index (Phi) is 5.61. The van der Waals surface area contributed by atoms with Gasteiger partial charge in [0.1, 0.15) is 9.84 Å². The topological polar surface area (TPSA) is 77.3 Å². The number of aromatic nitrogens is 3. The molecule has 9 heteroatoms. The van der Waals surface area contributed by atoms with Crippen LogP contribution in [0.1, 0.15) is 46.3 Å². The number of fused-ring (bicyclic) bond motifs is 2. The summed E-state index contributed by atoms with van der Waals surface area (Å²) in [7, 11) is -3.00. The summed E-state index contributed by atoms with van der Waals surface area (Å²) in [6.07, 6.45) is 6.11. The number of sulfone groups is 1. The molecule has 2 aromatic heterocycles. The monoisotopic (exact) mass is 438 g/mol. The second kappa shape index (κ2) is 7.76. The van der Waals surface area contributed by atoms with Crippen LogP contribution < -0.4 is 0 Å². The molecule has 1 spiro atoms. The molecule has 0 bridgehead atoms. The molecule has 0 aromatic carbocycles. The lowest BCUT2D eigenvalue weighted by Crippen LogP contribution is -2.50. The van der Waals surface area contributed by atoms with E-state index < -0.39 is 9.84 Å². The summed E-state index contributed by atoms with van der Waals surface area (Å²) in [5.41, 5.74) is 3.61. The molecular weight excluding hydrogens is 408 g/mol. The van der Waals surface area contributed by atoms with Crippen molar-refractivity contribution in [2.75, 3.05) is 25.2 Å². The van der Waals surface area contributed by atoms with Crippen LogP contribution in [0.25, 0.3) is 0 Å². The minimum absolute atomic E-state index is 0.0809. The SMILES string of the molecule is Cc1sc2c(c1C)[C@]1(CCN(Cc3cn(CCS(C)(=O)=O)nn3)[C@@H](C)C1)OCC2. The van der Waals surface area contributed by atoms with Crippen molar-refractivity contribution < 1.29 is 13.2 Å². The van der Waals surface area contributed by atoms with Gasteiger partial charge in [-0.3, -0.25) is 9.58 Å². The molecule has 7 nitrogen and oxygen atoms in total. The Balaban J connectivity index is 1.44. The van der Waals surface area contributed by atoms with Gasteiger partial charge in [-0.05, 0) is 39.2 Å². The molecule has 0 radical (unpaired) electrons. The van der Waals surface area contributed by atoms with Gasteiger partial charge >= 0.3 is 0 Å². The van der Waals surface area contributed by atoms with Crippen molar-refractivity contribution in [3.63, 3.8) is 0 Å². The minimum atomic E-state index is -3.00. The first-order chi connectivity index (χ1) is 13.7. The third kappa shape index (κ3) is 4.28. The lowest BCUT2D eigenvalue weighted by Gasteiger charge is -2.47. The van der Waals surface area contributed by atoms with E-state index in [1.54, 1.807) is 4.68 Å². The predicted molar refractivity (Wildman–Crippen MR) is 114 cm³/mol. The van der Waals surface area contributed by atoms with E-state index in [2.05, 4.69) is 36.0 Å². The highest BCUT2D eigenvalue weighted by Crippen LogP contribution is 2.48. The van der Waals surface area contributed by atoms with E-state index in [1.165, 1.54) is 27.1 Å². The van der Waals surface area contributed by atoms with Crippen molar-refractivity contribution in [3.8, 4) is 0 Å². The largest absolute Gasteiger partial charge is 0.370 e. The van der Waals surface area contributed by atoms with E-state index in [4.69, 9.17) is 4.74 Å². The Morgan fingerprint density at radius 1 is 1.38 bits per heavy atom. The molecule has 0 unspecified atom stereocenters. The van der Waals surface area contributed by atoms with Crippen LogP contribution in [0.15, 0.2) is 6.20 Å². The van der Waals surface area contributed by atoms with Crippen LogP contribution in [0, 0.1) is 13.8 Å². The fourth-order valence-corrected chi connectivity index (χ4v) is 6.48. The number of piperidine rings is 1. The Bertz CT molecular complexity index is 998. The molecule has 2 aliphatic rings. The Labute approximate surface area is 177 Å². The van der Waals surface area contributed by atoms with Crippen LogP contribution >= 0.6 is 11.3 Å². The molecule has 2 aromatic rings. The number of aryl methyl sites for hydroxylation is 2. The van der Waals surface area contributed by atoms with E-state index >= 15 is 0 Å². The fourth-order valence-electron chi connectivity index (χ4n) is 4.71. The first-order valence-electron chi connectivity index (χ1n) is 10.2. The van der Waals surface area contributed by atoms with Gasteiger partial charge in [-0.15, -0.1) is 16.4 Å². The zero-order valence-electron chi connectivity index (χ0n) is 17.6. The third-order valence-electron chi connectivity index (χ3n) is 6.32. The molecule has 0 N–H and O–H groups in total. The zero-order chi connectivity index (χ0) is 20.8. The number of hydrogen-bond donors (Lipinski definition) is 0. The average molecular weight is 439 g/mol. The summed E-state index contributed by atoms with van der Waals surface area (Å²) >= 11 is 1.94. The molecule has 0 aliphatic carbocycles. The van der Waals surface area contributed by atoms with Gasteiger partial charge in [-0.1, -0.05) is 5.21 Å². The van der Waals surface area contributed by atoms with Gasteiger partial charge < -0.3 is 4.74 Å². The summed E-state index contributed by atoms with van der Waals surface area (Å²) in [6, 6.07) is 0.371. The van der Waals surface area contributed by atoms with Crippen LogP contribution in [0.2, 0.25) is 0 Å². The molecule has 29 heavy (non-hydrogen) atoms. The quantitative estimate of drug-likeness (QED) is 0.714. The number of rotatable bonds is 5. The summed E-state index contributed by atoms with van der Waals surface area (Å²) in [6.45, 7) is 9.56. The molecule has 160 valence electrons. The van der Waals surface area contributed by atoms with Crippen molar-refractivity contribution in [2.24, 2.45) is 0 Å². The van der Waals surface area contributed by atoms with Gasteiger partial charge in [0, 0.05) is 53.3 Å². The Morgan fingerprint density at radius 2 is 2.17 bits per heavy atom. The van der Waals surface area contributed by atoms with Crippen molar-refractivity contribution in [1.82, 2.24) is 19.9 Å². The predicted octanol–water partition coefficient (Wildman–Crippen LogP) is 2.45. The summed E-state index contributed by atoms with van der Waals surface area (Å²) in [5, 5.41) is 8.34. The second-order valence-corrected chi connectivity index (χ2v) is 12.1. The molecule has 1 saturated heterocycles. The van der Waals surface area contributed by atoms with Crippen molar-refractivity contribution >= 4 is 21.2 Å². The molecule has 0 saturated carbocycles. The number of likely N-dealkylation sites (tertiary alicyclic amines) is 1. The smallest absolute Gasteiger partial charge is 0.149 e. The second-order valence-electron chi connectivity index (χ2n) is 8.55. The van der Waals surface area contributed by atoms with Crippen LogP contribution in [0.4, 0.5) is 0 Å². The van der Waals surface area contributed by atoms with Crippen molar-refractivity contribution in [1.29, 1.82) is 0 Å². The summed E-state index contributed by atoms with van der Waals surface area (Å²) < 4.78 is 30.8. The van der Waals surface area contributed by atoms with Crippen LogP contribution in [0.5, 0.6) is 0 Å². The number of ether oxygens (including phenoxy) is 1. The van der Waals surface area contributed by atoms with E-state index in [9.17, 15) is 8.42 Å². The number of thiophene rings is 1.